The fraction of sp³-hybridized carbons (Fsp3) is 0.115. The maximum absolute atomic E-state index is 12.6. The number of rotatable bonds is 7. The van der Waals surface area contributed by atoms with Gasteiger partial charge in [-0.25, -0.2) is 9.48 Å². The number of ether oxygens (including phenoxy) is 2. The quantitative estimate of drug-likeness (QED) is 0.405. The van der Waals surface area contributed by atoms with Crippen LogP contribution in [0.4, 0.5) is 5.69 Å². The number of anilines is 1. The lowest BCUT2D eigenvalue weighted by molar-refractivity contribution is -0.119. The van der Waals surface area contributed by atoms with Crippen molar-refractivity contribution in [3.05, 3.63) is 102 Å². The van der Waals surface area contributed by atoms with Crippen LogP contribution >= 0.6 is 0 Å². The number of amides is 1. The molecule has 4 rings (SSSR count). The third-order valence-corrected chi connectivity index (χ3v) is 4.97. The Morgan fingerprint density at radius 2 is 1.52 bits per heavy atom. The van der Waals surface area contributed by atoms with Crippen molar-refractivity contribution >= 4 is 17.6 Å². The Morgan fingerprint density at radius 1 is 0.879 bits per heavy atom. The smallest absolute Gasteiger partial charge is 0.342 e. The number of hydrogen-bond acceptors (Lipinski definition) is 5. The average molecular weight is 441 g/mol. The molecular formula is C26H23N3O4. The van der Waals surface area contributed by atoms with Gasteiger partial charge in [-0.1, -0.05) is 48.5 Å². The van der Waals surface area contributed by atoms with Gasteiger partial charge in [0.05, 0.1) is 22.8 Å². The molecule has 0 aliphatic heterocycles. The van der Waals surface area contributed by atoms with Gasteiger partial charge in [-0.05, 0) is 50.2 Å². The van der Waals surface area contributed by atoms with Crippen LogP contribution in [0.25, 0.3) is 5.69 Å². The number of aromatic nitrogens is 2. The van der Waals surface area contributed by atoms with Crippen LogP contribution in [0.1, 0.15) is 21.7 Å². The van der Waals surface area contributed by atoms with Crippen LogP contribution < -0.4 is 10.1 Å². The molecule has 0 spiro atoms. The zero-order chi connectivity index (χ0) is 23.2. The molecule has 1 aromatic heterocycles. The highest BCUT2D eigenvalue weighted by Crippen LogP contribution is 2.26. The second-order valence-electron chi connectivity index (χ2n) is 7.33. The summed E-state index contributed by atoms with van der Waals surface area (Å²) in [5.41, 5.74) is 3.16. The van der Waals surface area contributed by atoms with E-state index in [0.717, 1.165) is 11.4 Å². The normalized spacial score (nSPS) is 10.5. The highest BCUT2D eigenvalue weighted by molar-refractivity contribution is 5.97. The molecule has 0 saturated carbocycles. The van der Waals surface area contributed by atoms with Crippen molar-refractivity contribution in [3.8, 4) is 17.2 Å². The Balaban J connectivity index is 1.41. The molecule has 1 N–H and O–H groups in total. The maximum atomic E-state index is 12.6. The van der Waals surface area contributed by atoms with Gasteiger partial charge < -0.3 is 14.8 Å². The Bertz CT molecular complexity index is 1270. The van der Waals surface area contributed by atoms with Gasteiger partial charge in [-0.3, -0.25) is 4.79 Å². The van der Waals surface area contributed by atoms with Crippen molar-refractivity contribution in [2.24, 2.45) is 0 Å². The molecule has 0 aliphatic rings. The molecule has 7 nitrogen and oxygen atoms in total. The minimum Gasteiger partial charge on any atom is -0.456 e. The van der Waals surface area contributed by atoms with E-state index in [2.05, 4.69) is 10.4 Å². The summed E-state index contributed by atoms with van der Waals surface area (Å²) < 4.78 is 12.8. The fourth-order valence-corrected chi connectivity index (χ4v) is 3.37. The standard InChI is InChI=1S/C26H23N3O4/c1-18-25(19(2)29(28-18)20-11-5-3-6-12-20)27-24(30)17-32-26(31)22-15-9-10-16-23(22)33-21-13-7-4-8-14-21/h3-16H,17H2,1-2H3,(H,27,30). The van der Waals surface area contributed by atoms with Crippen LogP contribution in [0.5, 0.6) is 11.5 Å². The van der Waals surface area contributed by atoms with Gasteiger partial charge in [0.15, 0.2) is 6.61 Å². The van der Waals surface area contributed by atoms with E-state index >= 15 is 0 Å². The minimum absolute atomic E-state index is 0.235. The van der Waals surface area contributed by atoms with Crippen molar-refractivity contribution in [2.75, 3.05) is 11.9 Å². The molecule has 0 unspecified atom stereocenters. The lowest BCUT2D eigenvalue weighted by atomic mass is 10.2. The molecule has 0 saturated heterocycles. The lowest BCUT2D eigenvalue weighted by Crippen LogP contribution is -2.21. The molecule has 166 valence electrons. The summed E-state index contributed by atoms with van der Waals surface area (Å²) in [5, 5.41) is 7.30. The molecule has 0 fully saturated rings. The molecule has 1 heterocycles. The van der Waals surface area contributed by atoms with Crippen molar-refractivity contribution in [1.82, 2.24) is 9.78 Å². The van der Waals surface area contributed by atoms with E-state index in [0.29, 0.717) is 22.9 Å². The highest BCUT2D eigenvalue weighted by atomic mass is 16.5. The molecular weight excluding hydrogens is 418 g/mol. The predicted molar refractivity (Wildman–Crippen MR) is 125 cm³/mol. The Hall–Kier alpha value is -4.39. The first-order valence-electron chi connectivity index (χ1n) is 10.4. The third-order valence-electron chi connectivity index (χ3n) is 4.97. The monoisotopic (exact) mass is 441 g/mol. The molecule has 3 aromatic carbocycles. The minimum atomic E-state index is -0.648. The molecule has 0 radical (unpaired) electrons. The van der Waals surface area contributed by atoms with Gasteiger partial charge in [0.25, 0.3) is 5.91 Å². The number of esters is 1. The van der Waals surface area contributed by atoms with Gasteiger partial charge in [-0.15, -0.1) is 0 Å². The van der Waals surface area contributed by atoms with Crippen LogP contribution in [0.2, 0.25) is 0 Å². The summed E-state index contributed by atoms with van der Waals surface area (Å²) >= 11 is 0. The zero-order valence-corrected chi connectivity index (χ0v) is 18.3. The van der Waals surface area contributed by atoms with Gasteiger partial charge >= 0.3 is 5.97 Å². The van der Waals surface area contributed by atoms with Crippen molar-refractivity contribution < 1.29 is 19.1 Å². The van der Waals surface area contributed by atoms with Crippen LogP contribution in [0, 0.1) is 13.8 Å². The lowest BCUT2D eigenvalue weighted by Gasteiger charge is -2.11. The first-order valence-corrected chi connectivity index (χ1v) is 10.4. The van der Waals surface area contributed by atoms with E-state index in [-0.39, 0.29) is 5.56 Å². The second-order valence-corrected chi connectivity index (χ2v) is 7.33. The molecule has 0 bridgehead atoms. The number of para-hydroxylation sites is 3. The SMILES string of the molecule is Cc1nn(-c2ccccc2)c(C)c1NC(=O)COC(=O)c1ccccc1Oc1ccccc1. The zero-order valence-electron chi connectivity index (χ0n) is 18.3. The van der Waals surface area contributed by atoms with Gasteiger partial charge in [0, 0.05) is 0 Å². The number of aryl methyl sites for hydroxylation is 1. The first-order chi connectivity index (χ1) is 16.0. The number of nitrogens with one attached hydrogen (secondary N) is 1. The summed E-state index contributed by atoms with van der Waals surface area (Å²) in [6.07, 6.45) is 0. The van der Waals surface area contributed by atoms with Crippen molar-refractivity contribution in [1.29, 1.82) is 0 Å². The largest absolute Gasteiger partial charge is 0.456 e. The van der Waals surface area contributed by atoms with Crippen LogP contribution in [-0.2, 0) is 9.53 Å². The van der Waals surface area contributed by atoms with Crippen LogP contribution in [0.15, 0.2) is 84.9 Å². The highest BCUT2D eigenvalue weighted by Gasteiger charge is 2.18. The second kappa shape index (κ2) is 9.82. The summed E-state index contributed by atoms with van der Waals surface area (Å²) in [6.45, 7) is 3.24. The Labute approximate surface area is 191 Å². The maximum Gasteiger partial charge on any atom is 0.342 e. The van der Waals surface area contributed by atoms with E-state index in [1.807, 2.05) is 62.4 Å². The Kier molecular flexibility index (Phi) is 6.50. The predicted octanol–water partition coefficient (Wildman–Crippen LogP) is 5.08. The molecule has 4 aromatic rings. The topological polar surface area (TPSA) is 82.5 Å². The molecule has 0 atom stereocenters. The summed E-state index contributed by atoms with van der Waals surface area (Å²) in [6, 6.07) is 25.5. The molecule has 1 amide bonds. The Morgan fingerprint density at radius 3 is 2.24 bits per heavy atom. The fourth-order valence-electron chi connectivity index (χ4n) is 3.37. The number of nitrogens with zero attached hydrogens (tertiary/aromatic N) is 2. The number of carbonyl (C=O) groups excluding carboxylic acids is 2. The molecule has 7 heteroatoms. The van der Waals surface area contributed by atoms with E-state index in [9.17, 15) is 9.59 Å². The van der Waals surface area contributed by atoms with Crippen LogP contribution in [0.3, 0.4) is 0 Å². The number of hydrogen-bond donors (Lipinski definition) is 1. The summed E-state index contributed by atoms with van der Waals surface area (Å²) in [5.74, 6) is -0.157. The van der Waals surface area contributed by atoms with Gasteiger partial charge in [0.1, 0.15) is 17.1 Å². The van der Waals surface area contributed by atoms with E-state index < -0.39 is 18.5 Å². The van der Waals surface area contributed by atoms with E-state index in [4.69, 9.17) is 9.47 Å². The third kappa shape index (κ3) is 5.10. The van der Waals surface area contributed by atoms with Gasteiger partial charge in [-0.2, -0.15) is 5.10 Å². The molecule has 0 aliphatic carbocycles. The van der Waals surface area contributed by atoms with Crippen molar-refractivity contribution in [3.63, 3.8) is 0 Å². The van der Waals surface area contributed by atoms with Gasteiger partial charge in [0.2, 0.25) is 0 Å². The van der Waals surface area contributed by atoms with Crippen molar-refractivity contribution in [2.45, 2.75) is 13.8 Å². The average Bonchev–Trinajstić information content (AvgIpc) is 3.12. The first kappa shape index (κ1) is 21.8. The number of carbonyl (C=O) groups is 2. The van der Waals surface area contributed by atoms with E-state index in [1.54, 1.807) is 41.1 Å². The summed E-state index contributed by atoms with van der Waals surface area (Å²) in [7, 11) is 0. The summed E-state index contributed by atoms with van der Waals surface area (Å²) in [4.78, 5) is 25.2. The number of benzene rings is 3. The van der Waals surface area contributed by atoms with E-state index in [1.165, 1.54) is 0 Å². The van der Waals surface area contributed by atoms with Crippen LogP contribution in [-0.4, -0.2) is 28.3 Å². The molecule has 33 heavy (non-hydrogen) atoms.